The highest BCUT2D eigenvalue weighted by Crippen LogP contribution is 2.36. The van der Waals surface area contributed by atoms with Crippen molar-refractivity contribution in [3.63, 3.8) is 0 Å². The summed E-state index contributed by atoms with van der Waals surface area (Å²) in [6.45, 7) is 3.20. The molecule has 3 rings (SSSR count). The molecule has 2 fully saturated rings. The molecule has 0 N–H and O–H groups in total. The number of aryl methyl sites for hydroxylation is 1. The van der Waals surface area contributed by atoms with E-state index in [0.29, 0.717) is 6.10 Å². The second kappa shape index (κ2) is 12.8. The van der Waals surface area contributed by atoms with Crippen molar-refractivity contribution in [2.75, 3.05) is 6.61 Å². The maximum atomic E-state index is 8.47. The van der Waals surface area contributed by atoms with Gasteiger partial charge in [-0.2, -0.15) is 5.26 Å². The lowest BCUT2D eigenvalue weighted by Gasteiger charge is -2.32. The fourth-order valence-corrected chi connectivity index (χ4v) is 5.15. The number of rotatable bonds is 9. The van der Waals surface area contributed by atoms with Gasteiger partial charge in [0.05, 0.1) is 12.2 Å². The number of ether oxygens (including phenoxy) is 1. The Bertz CT molecular complexity index is 695. The van der Waals surface area contributed by atoms with E-state index in [1.54, 1.807) is 0 Å². The van der Waals surface area contributed by atoms with E-state index in [4.69, 9.17) is 10.00 Å². The Kier molecular flexibility index (Phi) is 9.71. The van der Waals surface area contributed by atoms with Gasteiger partial charge in [-0.25, -0.2) is 0 Å². The Morgan fingerprint density at radius 1 is 0.933 bits per heavy atom. The van der Waals surface area contributed by atoms with Crippen molar-refractivity contribution in [2.24, 2.45) is 11.8 Å². The molecule has 2 aliphatic rings. The van der Waals surface area contributed by atoms with Crippen molar-refractivity contribution in [3.05, 3.63) is 59.7 Å². The highest BCUT2D eigenvalue weighted by Gasteiger charge is 2.25. The van der Waals surface area contributed by atoms with E-state index in [1.165, 1.54) is 75.0 Å². The van der Waals surface area contributed by atoms with Crippen molar-refractivity contribution >= 4 is 0 Å². The summed E-state index contributed by atoms with van der Waals surface area (Å²) in [6, 6.07) is 11.3. The molecule has 0 heterocycles. The molecule has 0 atom stereocenters. The van der Waals surface area contributed by atoms with Gasteiger partial charge in [0.25, 0.3) is 0 Å². The molecule has 0 aromatic heterocycles. The molecule has 0 saturated heterocycles. The van der Waals surface area contributed by atoms with Crippen LogP contribution in [0, 0.1) is 23.2 Å². The van der Waals surface area contributed by atoms with Crippen LogP contribution in [0.4, 0.5) is 0 Å². The predicted molar refractivity (Wildman–Crippen MR) is 125 cm³/mol. The van der Waals surface area contributed by atoms with E-state index in [-0.39, 0.29) is 0 Å². The maximum absolute atomic E-state index is 8.47. The molecule has 1 aromatic carbocycles. The van der Waals surface area contributed by atoms with Gasteiger partial charge in [-0.05, 0) is 86.7 Å². The molecule has 2 aliphatic carbocycles. The van der Waals surface area contributed by atoms with Crippen molar-refractivity contribution in [1.29, 1.82) is 5.26 Å². The molecule has 0 unspecified atom stereocenters. The Labute approximate surface area is 184 Å². The average molecular weight is 406 g/mol. The van der Waals surface area contributed by atoms with E-state index in [0.717, 1.165) is 37.2 Å². The molecule has 0 aliphatic heterocycles. The number of allylic oxidation sites excluding steroid dienone is 4. The van der Waals surface area contributed by atoms with Crippen LogP contribution in [0.25, 0.3) is 0 Å². The van der Waals surface area contributed by atoms with Crippen LogP contribution >= 0.6 is 0 Å². The zero-order chi connectivity index (χ0) is 21.0. The first-order valence-electron chi connectivity index (χ1n) is 12.2. The molecule has 30 heavy (non-hydrogen) atoms. The highest BCUT2D eigenvalue weighted by molar-refractivity contribution is 5.25. The van der Waals surface area contributed by atoms with Gasteiger partial charge in [0, 0.05) is 12.7 Å². The molecular formula is C28H39NO. The van der Waals surface area contributed by atoms with Gasteiger partial charge in [-0.15, -0.1) is 0 Å². The van der Waals surface area contributed by atoms with Crippen molar-refractivity contribution in [2.45, 2.75) is 89.6 Å². The molecule has 0 bridgehead atoms. The number of hydrogen-bond donors (Lipinski definition) is 0. The summed E-state index contributed by atoms with van der Waals surface area (Å²) < 4.78 is 6.37. The van der Waals surface area contributed by atoms with Crippen LogP contribution < -0.4 is 0 Å². The van der Waals surface area contributed by atoms with Crippen LogP contribution in [-0.2, 0) is 11.2 Å². The van der Waals surface area contributed by atoms with Crippen molar-refractivity contribution < 1.29 is 4.74 Å². The fraction of sp³-hybridized carbons (Fsp3) is 0.607. The summed E-state index contributed by atoms with van der Waals surface area (Å²) in [7, 11) is 0. The summed E-state index contributed by atoms with van der Waals surface area (Å²) in [4.78, 5) is 0. The molecular weight excluding hydrogens is 366 g/mol. The van der Waals surface area contributed by atoms with Crippen LogP contribution in [0.3, 0.4) is 0 Å². The zero-order valence-corrected chi connectivity index (χ0v) is 18.8. The maximum Gasteiger partial charge on any atom is 0.0912 e. The van der Waals surface area contributed by atoms with Crippen molar-refractivity contribution in [3.8, 4) is 6.07 Å². The number of nitrogens with zero attached hydrogens (tertiary/aromatic N) is 1. The Morgan fingerprint density at radius 3 is 2.30 bits per heavy atom. The standard InChI is InChI=1S/C28H39NO/c1-2-23-13-15-26(16-14-23)27-17-19-28(20-18-27)30-22-25-11-9-24(10-12-25)8-6-4-3-5-7-21-29/h3-5,7,13-16,24-25,27-28H,2,6,8-12,17-20,22H2,1H3/b4-3+,7-5+. The monoisotopic (exact) mass is 405 g/mol. The van der Waals surface area contributed by atoms with Crippen LogP contribution in [0.5, 0.6) is 0 Å². The van der Waals surface area contributed by atoms with Crippen LogP contribution in [0.15, 0.2) is 48.6 Å². The molecule has 1 aromatic rings. The average Bonchev–Trinajstić information content (AvgIpc) is 2.81. The quantitative estimate of drug-likeness (QED) is 0.314. The smallest absolute Gasteiger partial charge is 0.0912 e. The minimum absolute atomic E-state index is 0.487. The Hall–Kier alpha value is -1.85. The van der Waals surface area contributed by atoms with E-state index >= 15 is 0 Å². The number of benzene rings is 1. The van der Waals surface area contributed by atoms with Gasteiger partial charge < -0.3 is 4.74 Å². The summed E-state index contributed by atoms with van der Waals surface area (Å²) >= 11 is 0. The van der Waals surface area contributed by atoms with Gasteiger partial charge in [-0.3, -0.25) is 0 Å². The lowest BCUT2D eigenvalue weighted by atomic mass is 9.80. The third-order valence-electron chi connectivity index (χ3n) is 7.23. The zero-order valence-electron chi connectivity index (χ0n) is 18.8. The first-order valence-corrected chi connectivity index (χ1v) is 12.2. The van der Waals surface area contributed by atoms with Crippen LogP contribution in [0.1, 0.15) is 88.2 Å². The molecule has 0 amide bonds. The summed E-state index contributed by atoms with van der Waals surface area (Å²) in [5, 5.41) is 8.47. The van der Waals surface area contributed by atoms with Gasteiger partial charge in [0.2, 0.25) is 0 Å². The van der Waals surface area contributed by atoms with Crippen LogP contribution in [0.2, 0.25) is 0 Å². The van der Waals surface area contributed by atoms with Crippen molar-refractivity contribution in [1.82, 2.24) is 0 Å². The van der Waals surface area contributed by atoms with Gasteiger partial charge in [-0.1, -0.05) is 62.3 Å². The highest BCUT2D eigenvalue weighted by atomic mass is 16.5. The third-order valence-corrected chi connectivity index (χ3v) is 7.23. The summed E-state index contributed by atoms with van der Waals surface area (Å²) in [6.07, 6.45) is 22.0. The minimum atomic E-state index is 0.487. The minimum Gasteiger partial charge on any atom is -0.378 e. The molecule has 2 saturated carbocycles. The second-order valence-electron chi connectivity index (χ2n) is 9.28. The molecule has 2 heteroatoms. The molecule has 162 valence electrons. The lowest BCUT2D eigenvalue weighted by molar-refractivity contribution is -0.00474. The number of hydrogen-bond acceptors (Lipinski definition) is 2. The molecule has 0 radical (unpaired) electrons. The van der Waals surface area contributed by atoms with E-state index in [2.05, 4.69) is 37.3 Å². The number of nitriles is 1. The Balaban J connectivity index is 1.28. The second-order valence-corrected chi connectivity index (χ2v) is 9.28. The SMILES string of the molecule is CCc1ccc(C2CCC(OCC3CCC(CC/C=C/C=C/C#N)CC3)CC2)cc1. The van der Waals surface area contributed by atoms with Crippen LogP contribution in [-0.4, -0.2) is 12.7 Å². The normalized spacial score (nSPS) is 27.5. The van der Waals surface area contributed by atoms with E-state index < -0.39 is 0 Å². The third kappa shape index (κ3) is 7.44. The molecule has 2 nitrogen and oxygen atoms in total. The molecule has 0 spiro atoms. The first kappa shape index (κ1) is 22.8. The van der Waals surface area contributed by atoms with E-state index in [1.807, 2.05) is 18.2 Å². The Morgan fingerprint density at radius 2 is 1.63 bits per heavy atom. The van der Waals surface area contributed by atoms with Gasteiger partial charge in [0.15, 0.2) is 0 Å². The van der Waals surface area contributed by atoms with E-state index in [9.17, 15) is 0 Å². The largest absolute Gasteiger partial charge is 0.378 e. The van der Waals surface area contributed by atoms with Gasteiger partial charge >= 0.3 is 0 Å². The fourth-order valence-electron chi connectivity index (χ4n) is 5.15. The predicted octanol–water partition coefficient (Wildman–Crippen LogP) is 7.51. The lowest BCUT2D eigenvalue weighted by Crippen LogP contribution is -2.25. The summed E-state index contributed by atoms with van der Waals surface area (Å²) in [5.74, 6) is 2.38. The topological polar surface area (TPSA) is 33.0 Å². The van der Waals surface area contributed by atoms with Gasteiger partial charge in [0.1, 0.15) is 0 Å². The summed E-state index contributed by atoms with van der Waals surface area (Å²) in [5.41, 5.74) is 2.97. The first-order chi connectivity index (χ1) is 14.8.